The maximum atomic E-state index is 5.67. The van der Waals surface area contributed by atoms with Crippen LogP contribution in [0.4, 0.5) is 0 Å². The van der Waals surface area contributed by atoms with E-state index in [9.17, 15) is 0 Å². The number of fused-ring (bicyclic) bond motifs is 1. The van der Waals surface area contributed by atoms with Crippen LogP contribution in [0.5, 0.6) is 0 Å². The summed E-state index contributed by atoms with van der Waals surface area (Å²) in [6.45, 7) is 3.60. The minimum absolute atomic E-state index is 0.803. The first-order chi connectivity index (χ1) is 6.90. The lowest BCUT2D eigenvalue weighted by Gasteiger charge is -2.26. The summed E-state index contributed by atoms with van der Waals surface area (Å²) < 4.78 is 0. The molecule has 3 heteroatoms. The summed E-state index contributed by atoms with van der Waals surface area (Å²) in [5.41, 5.74) is 1.55. The van der Waals surface area contributed by atoms with Crippen molar-refractivity contribution in [3.8, 4) is 0 Å². The van der Waals surface area contributed by atoms with Crippen LogP contribution in [0, 0.1) is 0 Å². The Morgan fingerprint density at radius 1 is 1.43 bits per heavy atom. The molecule has 0 amide bonds. The lowest BCUT2D eigenvalue weighted by atomic mass is 10.1. The van der Waals surface area contributed by atoms with Crippen LogP contribution in [0.2, 0.25) is 0 Å². The van der Waals surface area contributed by atoms with Crippen LogP contribution in [0.25, 0.3) is 0 Å². The van der Waals surface area contributed by atoms with Crippen LogP contribution in [0.1, 0.15) is 23.3 Å². The number of thiophene rings is 1. The lowest BCUT2D eigenvalue weighted by Crippen LogP contribution is -2.30. The van der Waals surface area contributed by atoms with Gasteiger partial charge in [-0.15, -0.1) is 22.9 Å². The van der Waals surface area contributed by atoms with Crippen LogP contribution in [0.15, 0.2) is 11.4 Å². The molecule has 2 heterocycles. The van der Waals surface area contributed by atoms with Crippen molar-refractivity contribution in [3.63, 3.8) is 0 Å². The molecule has 0 aromatic carbocycles. The maximum Gasteiger partial charge on any atom is 0.0244 e. The normalized spacial score (nSPS) is 16.9. The number of halogens is 1. The third kappa shape index (κ3) is 2.50. The fraction of sp³-hybridized carbons (Fsp3) is 0.636. The number of hydrogen-bond donors (Lipinski definition) is 0. The molecular weight excluding hydrogens is 214 g/mol. The van der Waals surface area contributed by atoms with Gasteiger partial charge in [0.1, 0.15) is 0 Å². The number of unbranched alkanes of at least 4 members (excludes halogenated alkanes) is 1. The molecule has 78 valence electrons. The molecule has 0 saturated carbocycles. The fourth-order valence-electron chi connectivity index (χ4n) is 1.93. The van der Waals surface area contributed by atoms with Gasteiger partial charge in [-0.3, -0.25) is 4.90 Å². The van der Waals surface area contributed by atoms with Gasteiger partial charge in [0.2, 0.25) is 0 Å². The summed E-state index contributed by atoms with van der Waals surface area (Å²) >= 11 is 7.57. The topological polar surface area (TPSA) is 3.24 Å². The van der Waals surface area contributed by atoms with E-state index in [0.29, 0.717) is 0 Å². The molecule has 2 rings (SSSR count). The molecule has 14 heavy (non-hydrogen) atoms. The van der Waals surface area contributed by atoms with Crippen LogP contribution in [-0.4, -0.2) is 23.9 Å². The zero-order valence-electron chi connectivity index (χ0n) is 8.34. The van der Waals surface area contributed by atoms with Crippen LogP contribution in [0.3, 0.4) is 0 Å². The van der Waals surface area contributed by atoms with Gasteiger partial charge < -0.3 is 0 Å². The Balaban J connectivity index is 1.82. The van der Waals surface area contributed by atoms with Crippen molar-refractivity contribution in [3.05, 3.63) is 21.9 Å². The molecule has 0 N–H and O–H groups in total. The van der Waals surface area contributed by atoms with Crippen LogP contribution < -0.4 is 0 Å². The number of rotatable bonds is 4. The Labute approximate surface area is 94.7 Å². The van der Waals surface area contributed by atoms with Gasteiger partial charge in [0.25, 0.3) is 0 Å². The van der Waals surface area contributed by atoms with Gasteiger partial charge in [-0.25, -0.2) is 0 Å². The number of alkyl halides is 1. The molecular formula is C11H16ClNS. The SMILES string of the molecule is ClCCCCN1CCc2sccc2C1. The molecule has 1 aliphatic rings. The van der Waals surface area contributed by atoms with Gasteiger partial charge in [0, 0.05) is 23.8 Å². The third-order valence-corrected chi connectivity index (χ3v) is 4.03. The third-order valence-electron chi connectivity index (χ3n) is 2.74. The molecule has 0 spiro atoms. The van der Waals surface area contributed by atoms with Crippen molar-refractivity contribution in [2.24, 2.45) is 0 Å². The van der Waals surface area contributed by atoms with Crippen molar-refractivity contribution < 1.29 is 0 Å². The van der Waals surface area contributed by atoms with E-state index in [0.717, 1.165) is 18.8 Å². The quantitative estimate of drug-likeness (QED) is 0.567. The fourth-order valence-corrected chi connectivity index (χ4v) is 3.01. The van der Waals surface area contributed by atoms with Gasteiger partial charge in [-0.1, -0.05) is 0 Å². The van der Waals surface area contributed by atoms with Gasteiger partial charge in [0.05, 0.1) is 0 Å². The Morgan fingerprint density at radius 2 is 2.36 bits per heavy atom. The van der Waals surface area contributed by atoms with E-state index in [2.05, 4.69) is 16.3 Å². The first-order valence-corrected chi connectivity index (χ1v) is 6.65. The van der Waals surface area contributed by atoms with E-state index >= 15 is 0 Å². The monoisotopic (exact) mass is 229 g/mol. The highest BCUT2D eigenvalue weighted by molar-refractivity contribution is 7.10. The first-order valence-electron chi connectivity index (χ1n) is 5.23. The maximum absolute atomic E-state index is 5.67. The molecule has 1 aromatic heterocycles. The molecule has 1 aromatic rings. The van der Waals surface area contributed by atoms with Gasteiger partial charge >= 0.3 is 0 Å². The second kappa shape index (κ2) is 5.15. The summed E-state index contributed by atoms with van der Waals surface area (Å²) in [7, 11) is 0. The van der Waals surface area contributed by atoms with Gasteiger partial charge in [0.15, 0.2) is 0 Å². The molecule has 0 atom stereocenters. The summed E-state index contributed by atoms with van der Waals surface area (Å²) in [6, 6.07) is 2.27. The Kier molecular flexibility index (Phi) is 3.85. The van der Waals surface area contributed by atoms with Crippen LogP contribution >= 0.6 is 22.9 Å². The second-order valence-corrected chi connectivity index (χ2v) is 5.17. The predicted octanol–water partition coefficient (Wildman–Crippen LogP) is 3.13. The van der Waals surface area contributed by atoms with Gasteiger partial charge in [-0.05, 0) is 42.8 Å². The van der Waals surface area contributed by atoms with Crippen molar-refractivity contribution in [1.29, 1.82) is 0 Å². The van der Waals surface area contributed by atoms with E-state index in [4.69, 9.17) is 11.6 Å². The summed E-state index contributed by atoms with van der Waals surface area (Å²) in [4.78, 5) is 4.14. The zero-order valence-corrected chi connectivity index (χ0v) is 9.91. The summed E-state index contributed by atoms with van der Waals surface area (Å²) in [5.74, 6) is 0.803. The summed E-state index contributed by atoms with van der Waals surface area (Å²) in [6.07, 6.45) is 3.63. The van der Waals surface area contributed by atoms with E-state index in [1.807, 2.05) is 11.3 Å². The number of nitrogens with zero attached hydrogens (tertiary/aromatic N) is 1. The minimum atomic E-state index is 0.803. The van der Waals surface area contributed by atoms with Crippen molar-refractivity contribution in [1.82, 2.24) is 4.90 Å². The Bertz CT molecular complexity index is 285. The highest BCUT2D eigenvalue weighted by Crippen LogP contribution is 2.23. The van der Waals surface area contributed by atoms with E-state index in [-0.39, 0.29) is 0 Å². The molecule has 1 aliphatic heterocycles. The Morgan fingerprint density at radius 3 is 3.21 bits per heavy atom. The largest absolute Gasteiger partial charge is 0.299 e. The van der Waals surface area contributed by atoms with Gasteiger partial charge in [-0.2, -0.15) is 0 Å². The zero-order chi connectivity index (χ0) is 9.80. The molecule has 0 unspecified atom stereocenters. The standard InChI is InChI=1S/C11H16ClNS/c12-5-1-2-6-13-7-3-11-10(9-13)4-8-14-11/h4,8H,1-3,5-7,9H2. The highest BCUT2D eigenvalue weighted by atomic mass is 35.5. The average molecular weight is 230 g/mol. The number of hydrogen-bond acceptors (Lipinski definition) is 2. The average Bonchev–Trinajstić information content (AvgIpc) is 2.65. The van der Waals surface area contributed by atoms with E-state index in [1.165, 1.54) is 25.9 Å². The molecule has 0 aliphatic carbocycles. The van der Waals surface area contributed by atoms with Crippen molar-refractivity contribution in [2.75, 3.05) is 19.0 Å². The van der Waals surface area contributed by atoms with E-state index in [1.54, 1.807) is 10.4 Å². The molecule has 0 saturated heterocycles. The first kappa shape index (κ1) is 10.5. The predicted molar refractivity (Wildman–Crippen MR) is 63.3 cm³/mol. The van der Waals surface area contributed by atoms with E-state index < -0.39 is 0 Å². The molecule has 0 bridgehead atoms. The minimum Gasteiger partial charge on any atom is -0.299 e. The summed E-state index contributed by atoms with van der Waals surface area (Å²) in [5, 5.41) is 2.22. The smallest absolute Gasteiger partial charge is 0.0244 e. The highest BCUT2D eigenvalue weighted by Gasteiger charge is 2.15. The lowest BCUT2D eigenvalue weighted by molar-refractivity contribution is 0.252. The Hall–Kier alpha value is -0.0500. The molecule has 0 fully saturated rings. The second-order valence-electron chi connectivity index (χ2n) is 3.79. The van der Waals surface area contributed by atoms with Crippen molar-refractivity contribution >= 4 is 22.9 Å². The molecule has 1 nitrogen and oxygen atoms in total. The van der Waals surface area contributed by atoms with Crippen LogP contribution in [-0.2, 0) is 13.0 Å². The molecule has 0 radical (unpaired) electrons. The van der Waals surface area contributed by atoms with Crippen molar-refractivity contribution in [2.45, 2.75) is 25.8 Å².